The number of hydrogen-bond donors (Lipinski definition) is 0. The maximum absolute atomic E-state index is 8.38. The molecule has 0 saturated heterocycles. The summed E-state index contributed by atoms with van der Waals surface area (Å²) < 4.78 is 0. The Kier molecular flexibility index (Phi) is 1.80. The van der Waals surface area contributed by atoms with Gasteiger partial charge in [-0.05, 0) is 6.07 Å². The van der Waals surface area contributed by atoms with Crippen molar-refractivity contribution in [3.8, 4) is 6.19 Å². The Morgan fingerprint density at radius 2 is 2.10 bits per heavy atom. The third-order valence-corrected chi connectivity index (χ3v) is 1.00. The molecule has 0 aliphatic carbocycles. The standard InChI is InChI=1S/C6H6N4/c1-10(5-7)6-8-3-2-4-9-6/h2-4H,1H3. The number of nitriles is 1. The van der Waals surface area contributed by atoms with Gasteiger partial charge in [-0.2, -0.15) is 5.26 Å². The van der Waals surface area contributed by atoms with Crippen LogP contribution in [0.25, 0.3) is 0 Å². The van der Waals surface area contributed by atoms with E-state index >= 15 is 0 Å². The lowest BCUT2D eigenvalue weighted by atomic mass is 10.6. The van der Waals surface area contributed by atoms with Crippen molar-refractivity contribution >= 4 is 5.95 Å². The Balaban J connectivity index is 2.88. The van der Waals surface area contributed by atoms with Gasteiger partial charge in [0.2, 0.25) is 5.95 Å². The minimum Gasteiger partial charge on any atom is -0.250 e. The van der Waals surface area contributed by atoms with Gasteiger partial charge in [0.15, 0.2) is 6.19 Å². The molecule has 0 unspecified atom stereocenters. The van der Waals surface area contributed by atoms with E-state index in [1.807, 2.05) is 6.19 Å². The topological polar surface area (TPSA) is 52.8 Å². The van der Waals surface area contributed by atoms with Crippen LogP contribution in [0.4, 0.5) is 5.95 Å². The summed E-state index contributed by atoms with van der Waals surface area (Å²) in [6.45, 7) is 0. The first-order chi connectivity index (χ1) is 4.84. The van der Waals surface area contributed by atoms with Crippen molar-refractivity contribution in [2.45, 2.75) is 0 Å². The highest BCUT2D eigenvalue weighted by molar-refractivity contribution is 5.32. The van der Waals surface area contributed by atoms with Crippen molar-refractivity contribution in [1.29, 1.82) is 5.26 Å². The van der Waals surface area contributed by atoms with Crippen molar-refractivity contribution in [3.63, 3.8) is 0 Å². The van der Waals surface area contributed by atoms with Crippen LogP contribution in [0.15, 0.2) is 18.5 Å². The van der Waals surface area contributed by atoms with Crippen molar-refractivity contribution in [1.82, 2.24) is 9.97 Å². The Morgan fingerprint density at radius 1 is 1.50 bits per heavy atom. The van der Waals surface area contributed by atoms with Crippen molar-refractivity contribution < 1.29 is 0 Å². The molecule has 0 aromatic carbocycles. The van der Waals surface area contributed by atoms with Gasteiger partial charge >= 0.3 is 0 Å². The second-order valence-corrected chi connectivity index (χ2v) is 1.71. The first-order valence-corrected chi connectivity index (χ1v) is 2.75. The van der Waals surface area contributed by atoms with E-state index in [1.165, 1.54) is 4.90 Å². The quantitative estimate of drug-likeness (QED) is 0.412. The lowest BCUT2D eigenvalue weighted by Crippen LogP contribution is -2.11. The molecule has 10 heavy (non-hydrogen) atoms. The van der Waals surface area contributed by atoms with Gasteiger partial charge < -0.3 is 0 Å². The highest BCUT2D eigenvalue weighted by Crippen LogP contribution is 1.98. The summed E-state index contributed by atoms with van der Waals surface area (Å²) in [5.74, 6) is 0.421. The molecule has 50 valence electrons. The largest absolute Gasteiger partial charge is 0.250 e. The number of rotatable bonds is 1. The van der Waals surface area contributed by atoms with E-state index in [0.717, 1.165) is 0 Å². The van der Waals surface area contributed by atoms with Gasteiger partial charge in [0.05, 0.1) is 0 Å². The molecule has 0 spiro atoms. The third-order valence-electron chi connectivity index (χ3n) is 1.00. The minimum atomic E-state index is 0.421. The zero-order valence-corrected chi connectivity index (χ0v) is 5.52. The van der Waals surface area contributed by atoms with Crippen LogP contribution >= 0.6 is 0 Å². The van der Waals surface area contributed by atoms with E-state index in [-0.39, 0.29) is 0 Å². The molecule has 4 nitrogen and oxygen atoms in total. The summed E-state index contributed by atoms with van der Waals surface area (Å²) in [4.78, 5) is 8.98. The molecule has 0 radical (unpaired) electrons. The van der Waals surface area contributed by atoms with E-state index in [1.54, 1.807) is 25.5 Å². The molecule has 0 N–H and O–H groups in total. The molecular formula is C6H6N4. The number of nitrogens with zero attached hydrogens (tertiary/aromatic N) is 4. The van der Waals surface area contributed by atoms with Crippen LogP contribution < -0.4 is 4.90 Å². The van der Waals surface area contributed by atoms with Crippen LogP contribution in [0.1, 0.15) is 0 Å². The van der Waals surface area contributed by atoms with Gasteiger partial charge in [-0.15, -0.1) is 0 Å². The molecule has 1 aromatic heterocycles. The minimum absolute atomic E-state index is 0.421. The molecule has 0 aliphatic rings. The zero-order valence-electron chi connectivity index (χ0n) is 5.52. The van der Waals surface area contributed by atoms with Crippen LogP contribution in [0.5, 0.6) is 0 Å². The van der Waals surface area contributed by atoms with Gasteiger partial charge in [-0.25, -0.2) is 9.97 Å². The molecule has 0 amide bonds. The molecule has 0 aliphatic heterocycles. The predicted molar refractivity (Wildman–Crippen MR) is 36.0 cm³/mol. The summed E-state index contributed by atoms with van der Waals surface area (Å²) in [6.07, 6.45) is 5.08. The summed E-state index contributed by atoms with van der Waals surface area (Å²) in [5, 5.41) is 8.38. The van der Waals surface area contributed by atoms with E-state index in [2.05, 4.69) is 9.97 Å². The normalized spacial score (nSPS) is 8.40. The molecule has 4 heteroatoms. The van der Waals surface area contributed by atoms with E-state index < -0.39 is 0 Å². The van der Waals surface area contributed by atoms with Gasteiger partial charge in [0.1, 0.15) is 0 Å². The Morgan fingerprint density at radius 3 is 2.60 bits per heavy atom. The summed E-state index contributed by atoms with van der Waals surface area (Å²) >= 11 is 0. The Hall–Kier alpha value is -1.63. The van der Waals surface area contributed by atoms with E-state index in [0.29, 0.717) is 5.95 Å². The second-order valence-electron chi connectivity index (χ2n) is 1.71. The average Bonchev–Trinajstić information content (AvgIpc) is 2.05. The smallest absolute Gasteiger partial charge is 0.238 e. The fourth-order valence-electron chi connectivity index (χ4n) is 0.509. The number of hydrogen-bond acceptors (Lipinski definition) is 4. The van der Waals surface area contributed by atoms with Crippen molar-refractivity contribution in [2.75, 3.05) is 11.9 Å². The van der Waals surface area contributed by atoms with Crippen LogP contribution in [0, 0.1) is 11.5 Å². The van der Waals surface area contributed by atoms with Gasteiger partial charge in [0.25, 0.3) is 0 Å². The Bertz CT molecular complexity index is 238. The molecule has 1 heterocycles. The molecule has 1 rings (SSSR count). The lowest BCUT2D eigenvalue weighted by Gasteiger charge is -2.02. The molecule has 0 atom stereocenters. The molecule has 0 bridgehead atoms. The SMILES string of the molecule is CN(C#N)c1ncccn1. The maximum Gasteiger partial charge on any atom is 0.238 e. The van der Waals surface area contributed by atoms with Gasteiger partial charge in [-0.3, -0.25) is 4.90 Å². The van der Waals surface area contributed by atoms with E-state index in [4.69, 9.17) is 5.26 Å². The summed E-state index contributed by atoms with van der Waals surface area (Å²) in [7, 11) is 1.61. The highest BCUT2D eigenvalue weighted by atomic mass is 15.2. The van der Waals surface area contributed by atoms with Crippen molar-refractivity contribution in [2.24, 2.45) is 0 Å². The molecule has 0 saturated carbocycles. The first kappa shape index (κ1) is 6.49. The fraction of sp³-hybridized carbons (Fsp3) is 0.167. The van der Waals surface area contributed by atoms with Crippen LogP contribution in [0.2, 0.25) is 0 Å². The number of anilines is 1. The monoisotopic (exact) mass is 134 g/mol. The second kappa shape index (κ2) is 2.78. The summed E-state index contributed by atoms with van der Waals surface area (Å²) in [6, 6.07) is 1.70. The lowest BCUT2D eigenvalue weighted by molar-refractivity contribution is 1.04. The Labute approximate surface area is 58.8 Å². The van der Waals surface area contributed by atoms with Gasteiger partial charge in [-0.1, -0.05) is 0 Å². The summed E-state index contributed by atoms with van der Waals surface area (Å²) in [5.41, 5.74) is 0. The average molecular weight is 134 g/mol. The maximum atomic E-state index is 8.38. The zero-order chi connectivity index (χ0) is 7.40. The van der Waals surface area contributed by atoms with E-state index in [9.17, 15) is 0 Å². The van der Waals surface area contributed by atoms with Crippen LogP contribution in [-0.2, 0) is 0 Å². The molecule has 1 aromatic rings. The molecular weight excluding hydrogens is 128 g/mol. The van der Waals surface area contributed by atoms with Crippen molar-refractivity contribution in [3.05, 3.63) is 18.5 Å². The predicted octanol–water partition coefficient (Wildman–Crippen LogP) is 0.394. The highest BCUT2D eigenvalue weighted by Gasteiger charge is 1.97. The van der Waals surface area contributed by atoms with Crippen LogP contribution in [0.3, 0.4) is 0 Å². The van der Waals surface area contributed by atoms with Crippen LogP contribution in [-0.4, -0.2) is 17.0 Å². The number of aromatic nitrogens is 2. The van der Waals surface area contributed by atoms with Gasteiger partial charge in [0, 0.05) is 19.4 Å². The first-order valence-electron chi connectivity index (χ1n) is 2.75. The molecule has 0 fully saturated rings. The third kappa shape index (κ3) is 1.20. The fourth-order valence-corrected chi connectivity index (χ4v) is 0.509.